The third-order valence-electron chi connectivity index (χ3n) is 2.17. The molecular weight excluding hydrogens is 228 g/mol. The summed E-state index contributed by atoms with van der Waals surface area (Å²) in [5.41, 5.74) is 5.52. The highest BCUT2D eigenvalue weighted by atomic mass is 35.5. The first-order chi connectivity index (χ1) is 7.67. The molecule has 0 aromatic carbocycles. The van der Waals surface area contributed by atoms with E-state index in [4.69, 9.17) is 17.3 Å². The normalized spacial score (nSPS) is 12.2. The van der Waals surface area contributed by atoms with E-state index in [0.717, 1.165) is 12.8 Å². The SMILES string of the molecule is CCCC(CN)C(=O)Nc1ccnc(Cl)n1. The minimum Gasteiger partial charge on any atom is -0.330 e. The van der Waals surface area contributed by atoms with Crippen LogP contribution in [0.2, 0.25) is 5.28 Å². The van der Waals surface area contributed by atoms with E-state index in [1.807, 2.05) is 6.92 Å². The van der Waals surface area contributed by atoms with Gasteiger partial charge in [0.05, 0.1) is 5.92 Å². The second-order valence-corrected chi connectivity index (χ2v) is 3.76. The lowest BCUT2D eigenvalue weighted by Crippen LogP contribution is -2.29. The van der Waals surface area contributed by atoms with Crippen LogP contribution in [-0.2, 0) is 4.79 Å². The average Bonchev–Trinajstić information content (AvgIpc) is 2.25. The molecule has 0 radical (unpaired) electrons. The maximum Gasteiger partial charge on any atom is 0.229 e. The number of nitrogens with one attached hydrogen (secondary N) is 1. The number of nitrogens with zero attached hydrogens (tertiary/aromatic N) is 2. The van der Waals surface area contributed by atoms with E-state index in [0.29, 0.717) is 12.4 Å². The van der Waals surface area contributed by atoms with Gasteiger partial charge in [-0.3, -0.25) is 4.79 Å². The van der Waals surface area contributed by atoms with Gasteiger partial charge in [-0.1, -0.05) is 13.3 Å². The third kappa shape index (κ3) is 3.75. The Balaban J connectivity index is 2.62. The van der Waals surface area contributed by atoms with Gasteiger partial charge in [0, 0.05) is 12.7 Å². The van der Waals surface area contributed by atoms with Crippen molar-refractivity contribution in [3.63, 3.8) is 0 Å². The number of aromatic nitrogens is 2. The van der Waals surface area contributed by atoms with Crippen LogP contribution in [0, 0.1) is 5.92 Å². The molecule has 0 saturated heterocycles. The van der Waals surface area contributed by atoms with Gasteiger partial charge in [-0.15, -0.1) is 0 Å². The Morgan fingerprint density at radius 2 is 2.44 bits per heavy atom. The van der Waals surface area contributed by atoms with Gasteiger partial charge in [-0.2, -0.15) is 0 Å². The molecule has 0 aliphatic rings. The molecule has 88 valence electrons. The smallest absolute Gasteiger partial charge is 0.229 e. The molecule has 16 heavy (non-hydrogen) atoms. The summed E-state index contributed by atoms with van der Waals surface area (Å²) in [5.74, 6) is 0.0948. The van der Waals surface area contributed by atoms with Crippen molar-refractivity contribution in [1.82, 2.24) is 9.97 Å². The summed E-state index contributed by atoms with van der Waals surface area (Å²) < 4.78 is 0. The highest BCUT2D eigenvalue weighted by molar-refractivity contribution is 6.28. The van der Waals surface area contributed by atoms with Crippen LogP contribution in [0.4, 0.5) is 5.82 Å². The number of anilines is 1. The van der Waals surface area contributed by atoms with E-state index in [1.54, 1.807) is 6.07 Å². The fourth-order valence-electron chi connectivity index (χ4n) is 1.34. The third-order valence-corrected chi connectivity index (χ3v) is 2.35. The van der Waals surface area contributed by atoms with Crippen LogP contribution in [0.15, 0.2) is 12.3 Å². The molecule has 3 N–H and O–H groups in total. The second-order valence-electron chi connectivity index (χ2n) is 3.42. The zero-order valence-electron chi connectivity index (χ0n) is 9.11. The number of hydrogen-bond donors (Lipinski definition) is 2. The van der Waals surface area contributed by atoms with Crippen molar-refractivity contribution in [1.29, 1.82) is 0 Å². The van der Waals surface area contributed by atoms with Crippen molar-refractivity contribution in [2.45, 2.75) is 19.8 Å². The Morgan fingerprint density at radius 1 is 1.69 bits per heavy atom. The molecule has 1 atom stereocenters. The van der Waals surface area contributed by atoms with Crippen molar-refractivity contribution in [2.24, 2.45) is 11.7 Å². The molecule has 1 aromatic heterocycles. The molecule has 1 unspecified atom stereocenters. The summed E-state index contributed by atoms with van der Waals surface area (Å²) in [7, 11) is 0. The van der Waals surface area contributed by atoms with Gasteiger partial charge in [0.1, 0.15) is 5.82 Å². The molecule has 1 rings (SSSR count). The fourth-order valence-corrected chi connectivity index (χ4v) is 1.48. The van der Waals surface area contributed by atoms with Crippen molar-refractivity contribution >= 4 is 23.3 Å². The van der Waals surface area contributed by atoms with Gasteiger partial charge in [0.2, 0.25) is 11.2 Å². The van der Waals surface area contributed by atoms with Crippen LogP contribution in [0.3, 0.4) is 0 Å². The maximum absolute atomic E-state index is 11.8. The van der Waals surface area contributed by atoms with Crippen molar-refractivity contribution in [2.75, 3.05) is 11.9 Å². The molecular formula is C10H15ClN4O. The molecule has 1 heterocycles. The van der Waals surface area contributed by atoms with Crippen molar-refractivity contribution < 1.29 is 4.79 Å². The lowest BCUT2D eigenvalue weighted by Gasteiger charge is -2.13. The standard InChI is InChI=1S/C10H15ClN4O/c1-2-3-7(6-12)9(16)14-8-4-5-13-10(11)15-8/h4-5,7H,2-3,6,12H2,1H3,(H,13,14,15,16). The topological polar surface area (TPSA) is 80.9 Å². The summed E-state index contributed by atoms with van der Waals surface area (Å²) in [5, 5.41) is 2.77. The van der Waals surface area contributed by atoms with E-state index in [2.05, 4.69) is 15.3 Å². The lowest BCUT2D eigenvalue weighted by molar-refractivity contribution is -0.119. The number of carbonyl (C=O) groups is 1. The summed E-state index contributed by atoms with van der Waals surface area (Å²) in [6.45, 7) is 2.34. The predicted molar refractivity (Wildman–Crippen MR) is 63.1 cm³/mol. The van der Waals surface area contributed by atoms with Crippen LogP contribution in [0.25, 0.3) is 0 Å². The van der Waals surface area contributed by atoms with Gasteiger partial charge >= 0.3 is 0 Å². The minimum atomic E-state index is -0.182. The zero-order valence-corrected chi connectivity index (χ0v) is 9.87. The largest absolute Gasteiger partial charge is 0.330 e. The number of halogens is 1. The van der Waals surface area contributed by atoms with E-state index in [9.17, 15) is 4.79 Å². The van der Waals surface area contributed by atoms with E-state index < -0.39 is 0 Å². The Morgan fingerprint density at radius 3 is 3.00 bits per heavy atom. The zero-order chi connectivity index (χ0) is 12.0. The van der Waals surface area contributed by atoms with Gasteiger partial charge in [-0.05, 0) is 24.1 Å². The van der Waals surface area contributed by atoms with Crippen molar-refractivity contribution in [3.05, 3.63) is 17.5 Å². The van der Waals surface area contributed by atoms with Gasteiger partial charge in [0.25, 0.3) is 0 Å². The number of hydrogen-bond acceptors (Lipinski definition) is 4. The number of amides is 1. The van der Waals surface area contributed by atoms with E-state index >= 15 is 0 Å². The number of nitrogens with two attached hydrogens (primary N) is 1. The molecule has 0 fully saturated rings. The highest BCUT2D eigenvalue weighted by Crippen LogP contribution is 2.10. The lowest BCUT2D eigenvalue weighted by atomic mass is 10.0. The molecule has 0 aliphatic heterocycles. The monoisotopic (exact) mass is 242 g/mol. The first-order valence-electron chi connectivity index (χ1n) is 5.16. The maximum atomic E-state index is 11.8. The van der Waals surface area contributed by atoms with Crippen LogP contribution in [0.1, 0.15) is 19.8 Å². The average molecular weight is 243 g/mol. The van der Waals surface area contributed by atoms with Gasteiger partial charge in [-0.25, -0.2) is 9.97 Å². The quantitative estimate of drug-likeness (QED) is 0.766. The Hall–Kier alpha value is -1.20. The van der Waals surface area contributed by atoms with E-state index in [-0.39, 0.29) is 17.1 Å². The van der Waals surface area contributed by atoms with Gasteiger partial charge < -0.3 is 11.1 Å². The molecule has 0 spiro atoms. The van der Waals surface area contributed by atoms with E-state index in [1.165, 1.54) is 6.20 Å². The molecule has 0 aliphatic carbocycles. The van der Waals surface area contributed by atoms with Crippen LogP contribution < -0.4 is 11.1 Å². The molecule has 0 bridgehead atoms. The Kier molecular flexibility index (Phi) is 5.14. The van der Waals surface area contributed by atoms with Crippen LogP contribution in [-0.4, -0.2) is 22.4 Å². The van der Waals surface area contributed by atoms with Crippen LogP contribution >= 0.6 is 11.6 Å². The second kappa shape index (κ2) is 6.40. The van der Waals surface area contributed by atoms with Gasteiger partial charge in [0.15, 0.2) is 0 Å². The molecule has 6 heteroatoms. The fraction of sp³-hybridized carbons (Fsp3) is 0.500. The number of carbonyl (C=O) groups excluding carboxylic acids is 1. The van der Waals surface area contributed by atoms with Crippen LogP contribution in [0.5, 0.6) is 0 Å². The molecule has 5 nitrogen and oxygen atoms in total. The summed E-state index contributed by atoms with van der Waals surface area (Å²) in [6, 6.07) is 1.59. The Labute approximate surface area is 99.4 Å². The first-order valence-corrected chi connectivity index (χ1v) is 5.54. The molecule has 0 saturated carbocycles. The predicted octanol–water partition coefficient (Wildman–Crippen LogP) is 1.44. The minimum absolute atomic E-state index is 0.109. The Bertz CT molecular complexity index is 358. The summed E-state index contributed by atoms with van der Waals surface area (Å²) in [6.07, 6.45) is 3.17. The molecule has 1 aromatic rings. The first kappa shape index (κ1) is 12.9. The summed E-state index contributed by atoms with van der Waals surface area (Å²) in [4.78, 5) is 19.3. The van der Waals surface area contributed by atoms with Crippen molar-refractivity contribution in [3.8, 4) is 0 Å². The highest BCUT2D eigenvalue weighted by Gasteiger charge is 2.16. The number of rotatable bonds is 5. The summed E-state index contributed by atoms with van der Waals surface area (Å²) >= 11 is 5.60. The molecule has 1 amide bonds.